The van der Waals surface area contributed by atoms with Crippen LogP contribution in [0.15, 0.2) is 29.2 Å². The Morgan fingerprint density at radius 1 is 1.48 bits per heavy atom. The van der Waals surface area contributed by atoms with E-state index in [9.17, 15) is 10.1 Å². The zero-order valence-electron chi connectivity index (χ0n) is 12.3. The Balaban J connectivity index is 1.89. The van der Waals surface area contributed by atoms with E-state index in [4.69, 9.17) is 4.74 Å². The minimum atomic E-state index is -0.365. The number of hydrogen-bond acceptors (Lipinski definition) is 5. The van der Waals surface area contributed by atoms with Crippen LogP contribution in [0.5, 0.6) is 0 Å². The summed E-state index contributed by atoms with van der Waals surface area (Å²) in [5.41, 5.74) is 0.143. The summed E-state index contributed by atoms with van der Waals surface area (Å²) in [6.07, 6.45) is 2.23. The minimum Gasteiger partial charge on any atom is -0.381 e. The molecule has 0 amide bonds. The average Bonchev–Trinajstić information content (AvgIpc) is 3.02. The van der Waals surface area contributed by atoms with Gasteiger partial charge in [-0.05, 0) is 31.5 Å². The van der Waals surface area contributed by atoms with Crippen LogP contribution >= 0.6 is 11.8 Å². The number of nitrogens with zero attached hydrogens (tertiary/aromatic N) is 1. The molecule has 116 valence electrons. The molecule has 6 heteroatoms. The highest BCUT2D eigenvalue weighted by molar-refractivity contribution is 7.99. The van der Waals surface area contributed by atoms with Crippen LogP contribution in [0.4, 0.5) is 5.69 Å². The molecular formula is C15H22N2O3S. The van der Waals surface area contributed by atoms with Gasteiger partial charge in [-0.15, -0.1) is 11.8 Å². The summed E-state index contributed by atoms with van der Waals surface area (Å²) in [4.78, 5) is 11.4. The number of nitro groups is 1. The third-order valence-corrected chi connectivity index (χ3v) is 4.80. The zero-order valence-corrected chi connectivity index (χ0v) is 13.1. The Kier molecular flexibility index (Phi) is 6.48. The fourth-order valence-corrected chi connectivity index (χ4v) is 3.50. The Morgan fingerprint density at radius 3 is 2.81 bits per heavy atom. The normalized spacial score (nSPS) is 19.6. The van der Waals surface area contributed by atoms with Gasteiger partial charge in [0.05, 0.1) is 11.5 Å². The predicted molar refractivity (Wildman–Crippen MR) is 84.8 cm³/mol. The molecule has 5 nitrogen and oxygen atoms in total. The molecule has 2 rings (SSSR count). The molecule has 0 saturated carbocycles. The Labute approximate surface area is 129 Å². The number of ether oxygens (including phenoxy) is 1. The summed E-state index contributed by atoms with van der Waals surface area (Å²) in [7, 11) is 0. The maximum Gasteiger partial charge on any atom is 0.269 e. The lowest BCUT2D eigenvalue weighted by Crippen LogP contribution is -2.39. The summed E-state index contributed by atoms with van der Waals surface area (Å²) < 4.78 is 5.49. The average molecular weight is 310 g/mol. The van der Waals surface area contributed by atoms with E-state index in [0.29, 0.717) is 12.0 Å². The van der Waals surface area contributed by atoms with Gasteiger partial charge in [-0.25, -0.2) is 0 Å². The molecule has 1 N–H and O–H groups in total. The van der Waals surface area contributed by atoms with Gasteiger partial charge < -0.3 is 10.1 Å². The van der Waals surface area contributed by atoms with Gasteiger partial charge in [0, 0.05) is 41.3 Å². The topological polar surface area (TPSA) is 64.4 Å². The van der Waals surface area contributed by atoms with E-state index in [-0.39, 0.29) is 10.6 Å². The summed E-state index contributed by atoms with van der Waals surface area (Å²) >= 11 is 1.75. The lowest BCUT2D eigenvalue weighted by atomic mass is 10.0. The molecule has 1 aromatic carbocycles. The molecule has 2 atom stereocenters. The molecule has 1 heterocycles. The van der Waals surface area contributed by atoms with Crippen LogP contribution in [0.1, 0.15) is 19.8 Å². The van der Waals surface area contributed by atoms with Crippen molar-refractivity contribution in [2.45, 2.75) is 30.7 Å². The van der Waals surface area contributed by atoms with Gasteiger partial charge in [0.25, 0.3) is 5.69 Å². The lowest BCUT2D eigenvalue weighted by Gasteiger charge is -2.23. The highest BCUT2D eigenvalue weighted by Crippen LogP contribution is 2.26. The third-order valence-electron chi connectivity index (χ3n) is 3.67. The van der Waals surface area contributed by atoms with Crippen molar-refractivity contribution < 1.29 is 9.66 Å². The van der Waals surface area contributed by atoms with Gasteiger partial charge >= 0.3 is 0 Å². The first-order valence-corrected chi connectivity index (χ1v) is 8.37. The molecule has 2 unspecified atom stereocenters. The monoisotopic (exact) mass is 310 g/mol. The number of non-ortho nitro benzene ring substituents is 1. The number of benzene rings is 1. The smallest absolute Gasteiger partial charge is 0.269 e. The maximum absolute atomic E-state index is 10.6. The van der Waals surface area contributed by atoms with E-state index in [1.54, 1.807) is 23.9 Å². The summed E-state index contributed by atoms with van der Waals surface area (Å²) in [6, 6.07) is 7.22. The van der Waals surface area contributed by atoms with Crippen LogP contribution in [-0.4, -0.2) is 36.5 Å². The summed E-state index contributed by atoms with van der Waals surface area (Å²) in [5.74, 6) is 1.54. The summed E-state index contributed by atoms with van der Waals surface area (Å²) in [5, 5.41) is 14.2. The summed E-state index contributed by atoms with van der Waals surface area (Å²) in [6.45, 7) is 4.88. The van der Waals surface area contributed by atoms with E-state index in [2.05, 4.69) is 12.2 Å². The van der Waals surface area contributed by atoms with Crippen molar-refractivity contribution in [3.05, 3.63) is 34.4 Å². The van der Waals surface area contributed by atoms with E-state index in [1.165, 1.54) is 0 Å². The molecule has 0 spiro atoms. The molecule has 0 aliphatic carbocycles. The molecule has 1 fully saturated rings. The van der Waals surface area contributed by atoms with Gasteiger partial charge in [-0.1, -0.05) is 6.92 Å². The Bertz CT molecular complexity index is 447. The van der Waals surface area contributed by atoms with E-state index >= 15 is 0 Å². The molecule has 0 bridgehead atoms. The highest BCUT2D eigenvalue weighted by atomic mass is 32.2. The Hall–Kier alpha value is -1.11. The van der Waals surface area contributed by atoms with E-state index in [1.807, 2.05) is 12.1 Å². The van der Waals surface area contributed by atoms with Crippen molar-refractivity contribution in [2.24, 2.45) is 5.92 Å². The first-order valence-electron chi connectivity index (χ1n) is 7.39. The van der Waals surface area contributed by atoms with Gasteiger partial charge in [-0.2, -0.15) is 0 Å². The molecule has 1 saturated heterocycles. The van der Waals surface area contributed by atoms with Crippen molar-refractivity contribution in [2.75, 3.05) is 25.5 Å². The highest BCUT2D eigenvalue weighted by Gasteiger charge is 2.25. The standard InChI is InChI=1S/C15H22N2O3S/c1-2-8-16-15(12-7-9-20-10-12)11-21-14-5-3-13(4-6-14)17(18)19/h3-6,12,15-16H,2,7-11H2,1H3. The first kappa shape index (κ1) is 16.3. The number of thioether (sulfide) groups is 1. The molecule has 1 aliphatic rings. The van der Waals surface area contributed by atoms with Crippen LogP contribution < -0.4 is 5.32 Å². The van der Waals surface area contributed by atoms with Crippen molar-refractivity contribution >= 4 is 17.4 Å². The largest absolute Gasteiger partial charge is 0.381 e. The van der Waals surface area contributed by atoms with Gasteiger partial charge in [0.15, 0.2) is 0 Å². The molecule has 0 radical (unpaired) electrons. The van der Waals surface area contributed by atoms with Crippen molar-refractivity contribution in [1.82, 2.24) is 5.32 Å². The van der Waals surface area contributed by atoms with Crippen molar-refractivity contribution in [3.63, 3.8) is 0 Å². The quantitative estimate of drug-likeness (QED) is 0.454. The molecule has 1 aliphatic heterocycles. The zero-order chi connectivity index (χ0) is 15.1. The predicted octanol–water partition coefficient (Wildman–Crippen LogP) is 3.09. The minimum absolute atomic E-state index is 0.143. The molecule has 1 aromatic rings. The van der Waals surface area contributed by atoms with Crippen LogP contribution in [0.3, 0.4) is 0 Å². The van der Waals surface area contributed by atoms with E-state index in [0.717, 1.165) is 43.2 Å². The third kappa shape index (κ3) is 4.98. The van der Waals surface area contributed by atoms with Crippen LogP contribution in [0.25, 0.3) is 0 Å². The molecule has 0 aromatic heterocycles. The molecular weight excluding hydrogens is 288 g/mol. The fraction of sp³-hybridized carbons (Fsp3) is 0.600. The van der Waals surface area contributed by atoms with Crippen molar-refractivity contribution in [3.8, 4) is 0 Å². The SMILES string of the molecule is CCCNC(CSc1ccc([N+](=O)[O-])cc1)C1CCOC1. The van der Waals surface area contributed by atoms with Gasteiger partial charge in [-0.3, -0.25) is 10.1 Å². The number of rotatable bonds is 8. The number of hydrogen-bond donors (Lipinski definition) is 1. The second-order valence-electron chi connectivity index (χ2n) is 5.25. The number of nitro benzene ring substituents is 1. The van der Waals surface area contributed by atoms with Crippen molar-refractivity contribution in [1.29, 1.82) is 0 Å². The Morgan fingerprint density at radius 2 is 2.24 bits per heavy atom. The van der Waals surface area contributed by atoms with Crippen LogP contribution in [-0.2, 0) is 4.74 Å². The molecule has 21 heavy (non-hydrogen) atoms. The maximum atomic E-state index is 10.6. The van der Waals surface area contributed by atoms with Gasteiger partial charge in [0.2, 0.25) is 0 Å². The van der Waals surface area contributed by atoms with Gasteiger partial charge in [0.1, 0.15) is 0 Å². The lowest BCUT2D eigenvalue weighted by molar-refractivity contribution is -0.384. The second-order valence-corrected chi connectivity index (χ2v) is 6.34. The first-order chi connectivity index (χ1) is 10.2. The second kappa shape index (κ2) is 8.36. The fourth-order valence-electron chi connectivity index (χ4n) is 2.41. The van der Waals surface area contributed by atoms with Crippen LogP contribution in [0.2, 0.25) is 0 Å². The number of nitrogens with one attached hydrogen (secondary N) is 1. The van der Waals surface area contributed by atoms with Crippen LogP contribution in [0, 0.1) is 16.0 Å². The van der Waals surface area contributed by atoms with E-state index < -0.39 is 0 Å².